The molecule has 5 aromatic carbocycles. The van der Waals surface area contributed by atoms with Gasteiger partial charge < -0.3 is 14.4 Å². The van der Waals surface area contributed by atoms with Gasteiger partial charge in [-0.15, -0.1) is 6.58 Å². The Morgan fingerprint density at radius 3 is 2.00 bits per heavy atom. The summed E-state index contributed by atoms with van der Waals surface area (Å²) in [7, 11) is 2.12. The molecule has 0 radical (unpaired) electrons. The van der Waals surface area contributed by atoms with Crippen LogP contribution in [0.1, 0.15) is 51.8 Å². The maximum atomic E-state index is 4.32. The Morgan fingerprint density at radius 2 is 1.37 bits per heavy atom. The molecular formula is C48H49N3. The highest BCUT2D eigenvalue weighted by Gasteiger charge is 2.16. The van der Waals surface area contributed by atoms with Gasteiger partial charge >= 0.3 is 0 Å². The normalized spacial score (nSPS) is 11.4. The first-order valence-electron chi connectivity index (χ1n) is 17.8. The summed E-state index contributed by atoms with van der Waals surface area (Å²) in [5.74, 6) is 6.81. The van der Waals surface area contributed by atoms with Crippen molar-refractivity contribution in [3.8, 4) is 17.5 Å². The molecule has 0 saturated heterocycles. The van der Waals surface area contributed by atoms with Gasteiger partial charge in [0.25, 0.3) is 0 Å². The Bertz CT molecular complexity index is 2140. The molecule has 6 aromatic rings. The van der Waals surface area contributed by atoms with Gasteiger partial charge in [0.05, 0.1) is 11.2 Å². The predicted molar refractivity (Wildman–Crippen MR) is 222 cm³/mol. The molecule has 0 spiro atoms. The van der Waals surface area contributed by atoms with E-state index in [-0.39, 0.29) is 5.92 Å². The summed E-state index contributed by atoms with van der Waals surface area (Å²) in [5.41, 5.74) is 11.6. The van der Waals surface area contributed by atoms with E-state index >= 15 is 0 Å². The molecule has 256 valence electrons. The van der Waals surface area contributed by atoms with Gasteiger partial charge in [-0.1, -0.05) is 111 Å². The predicted octanol–water partition coefficient (Wildman–Crippen LogP) is 13.1. The van der Waals surface area contributed by atoms with E-state index in [2.05, 4.69) is 202 Å². The smallest absolute Gasteiger partial charge is 0.0976 e. The minimum atomic E-state index is 0.134. The fourth-order valence-corrected chi connectivity index (χ4v) is 6.09. The monoisotopic (exact) mass is 667 g/mol. The summed E-state index contributed by atoms with van der Waals surface area (Å²) in [6.07, 6.45) is 6.08. The minimum Gasteiger partial charge on any atom is -0.344 e. The van der Waals surface area contributed by atoms with Crippen LogP contribution in [0.5, 0.6) is 0 Å². The van der Waals surface area contributed by atoms with Crippen molar-refractivity contribution in [2.75, 3.05) is 16.8 Å². The summed E-state index contributed by atoms with van der Waals surface area (Å²) in [5, 5.41) is 1.15. The van der Waals surface area contributed by atoms with Crippen LogP contribution in [-0.2, 0) is 0 Å². The number of para-hydroxylation sites is 4. The molecule has 1 unspecified atom stereocenters. The van der Waals surface area contributed by atoms with E-state index in [4.69, 9.17) is 0 Å². The Balaban J connectivity index is 0.000000226. The molecule has 1 heterocycles. The summed E-state index contributed by atoms with van der Waals surface area (Å²) in [6, 6.07) is 48.5. The number of nitrogens with zero attached hydrogens (tertiary/aromatic N) is 3. The van der Waals surface area contributed by atoms with Crippen LogP contribution in [0.2, 0.25) is 0 Å². The van der Waals surface area contributed by atoms with Crippen LogP contribution in [-0.4, -0.2) is 11.6 Å². The number of rotatable bonds is 10. The highest BCUT2D eigenvalue weighted by molar-refractivity contribution is 5.89. The third kappa shape index (κ3) is 8.79. The van der Waals surface area contributed by atoms with Crippen LogP contribution >= 0.6 is 0 Å². The van der Waals surface area contributed by atoms with Gasteiger partial charge in [-0.05, 0) is 105 Å². The summed E-state index contributed by atoms with van der Waals surface area (Å²) < 4.78 is 2.23. The molecule has 3 nitrogen and oxygen atoms in total. The first kappa shape index (κ1) is 36.3. The van der Waals surface area contributed by atoms with Crippen molar-refractivity contribution in [3.63, 3.8) is 0 Å². The minimum absolute atomic E-state index is 0.134. The Morgan fingerprint density at radius 1 is 0.765 bits per heavy atom. The molecule has 0 aliphatic rings. The van der Waals surface area contributed by atoms with E-state index < -0.39 is 0 Å². The Hall–Kier alpha value is -5.98. The number of hydrogen-bond donors (Lipinski definition) is 0. The van der Waals surface area contributed by atoms with Gasteiger partial charge in [0.1, 0.15) is 0 Å². The molecule has 3 heteroatoms. The maximum Gasteiger partial charge on any atom is 0.0976 e. The number of aromatic nitrogens is 1. The van der Waals surface area contributed by atoms with Gasteiger partial charge in [-0.3, -0.25) is 0 Å². The average Bonchev–Trinajstić information content (AvgIpc) is 3.55. The molecule has 0 fully saturated rings. The summed E-state index contributed by atoms with van der Waals surface area (Å²) in [4.78, 5) is 4.47. The second-order valence-corrected chi connectivity index (χ2v) is 12.5. The number of hydrogen-bond acceptors (Lipinski definition) is 2. The highest BCUT2D eigenvalue weighted by Crippen LogP contribution is 2.35. The molecule has 51 heavy (non-hydrogen) atoms. The molecule has 6 rings (SSSR count). The van der Waals surface area contributed by atoms with Gasteiger partial charge in [0, 0.05) is 58.0 Å². The summed E-state index contributed by atoms with van der Waals surface area (Å²) in [6.45, 7) is 16.7. The van der Waals surface area contributed by atoms with E-state index in [1.54, 1.807) is 0 Å². The standard InChI is InChI=1S/C30H28N2.C18H21N/c1-5-23(3)17-18-29-22-25-21-28(31(24(4)6-2)26-13-9-7-10-14-26)19-20-30(25)32(29)27-15-11-8-12-16-27;1-4-10-15(2)17-13-8-9-14-18(17)19(3)16-11-6-5-7-12-16/h5,7-16,19-23H,1,4,6H2,2-3H3;5-14H,4H2,1-3H3/b;15-10+. The van der Waals surface area contributed by atoms with E-state index in [0.29, 0.717) is 0 Å². The van der Waals surface area contributed by atoms with Gasteiger partial charge in [-0.25, -0.2) is 0 Å². The van der Waals surface area contributed by atoms with Crippen molar-refractivity contribution in [2.45, 2.75) is 40.5 Å². The number of anilines is 4. The SMILES string of the molecule is C=CC(C)C#Cc1cc2cc(N(C(=C)CC)c3ccccc3)ccc2n1-c1ccccc1.CC/C=C(\C)c1ccccc1N(C)c1ccccc1. The lowest BCUT2D eigenvalue weighted by atomic mass is 10.0. The van der Waals surface area contributed by atoms with Crippen molar-refractivity contribution >= 4 is 39.2 Å². The summed E-state index contributed by atoms with van der Waals surface area (Å²) >= 11 is 0. The second-order valence-electron chi connectivity index (χ2n) is 12.5. The van der Waals surface area contributed by atoms with E-state index in [1.165, 1.54) is 22.5 Å². The molecule has 0 aliphatic heterocycles. The molecule has 0 saturated carbocycles. The average molecular weight is 668 g/mol. The zero-order valence-corrected chi connectivity index (χ0v) is 30.7. The van der Waals surface area contributed by atoms with Crippen LogP contribution in [0.25, 0.3) is 22.2 Å². The fourth-order valence-electron chi connectivity index (χ4n) is 6.09. The molecule has 1 aromatic heterocycles. The van der Waals surface area contributed by atoms with Gasteiger partial charge in [-0.2, -0.15) is 0 Å². The zero-order chi connectivity index (χ0) is 36.2. The van der Waals surface area contributed by atoms with Crippen molar-refractivity contribution in [1.29, 1.82) is 0 Å². The molecule has 0 aliphatic carbocycles. The van der Waals surface area contributed by atoms with Crippen LogP contribution in [0.3, 0.4) is 0 Å². The first-order valence-corrected chi connectivity index (χ1v) is 17.8. The van der Waals surface area contributed by atoms with Gasteiger partial charge in [0.15, 0.2) is 0 Å². The largest absolute Gasteiger partial charge is 0.344 e. The first-order chi connectivity index (χ1) is 24.9. The zero-order valence-electron chi connectivity index (χ0n) is 30.7. The third-order valence-corrected chi connectivity index (χ3v) is 8.92. The van der Waals surface area contributed by atoms with E-state index in [1.807, 2.05) is 24.3 Å². The lowest BCUT2D eigenvalue weighted by Crippen LogP contribution is -2.14. The van der Waals surface area contributed by atoms with Crippen molar-refractivity contribution < 1.29 is 0 Å². The third-order valence-electron chi connectivity index (χ3n) is 8.92. The number of allylic oxidation sites excluding steroid dienone is 4. The van der Waals surface area contributed by atoms with Crippen molar-refractivity contribution in [2.24, 2.45) is 5.92 Å². The van der Waals surface area contributed by atoms with Crippen LogP contribution in [0, 0.1) is 17.8 Å². The van der Waals surface area contributed by atoms with Crippen LogP contribution in [0.15, 0.2) is 171 Å². The Kier molecular flexibility index (Phi) is 12.5. The topological polar surface area (TPSA) is 11.4 Å². The van der Waals surface area contributed by atoms with Crippen molar-refractivity contribution in [1.82, 2.24) is 4.57 Å². The van der Waals surface area contributed by atoms with Crippen LogP contribution < -0.4 is 9.80 Å². The number of benzene rings is 5. The molecular weight excluding hydrogens is 619 g/mol. The second kappa shape index (κ2) is 17.6. The Labute approximate surface area is 305 Å². The molecule has 0 N–H and O–H groups in total. The molecule has 0 bridgehead atoms. The number of fused-ring (bicyclic) bond motifs is 1. The van der Waals surface area contributed by atoms with Crippen molar-refractivity contribution in [3.05, 3.63) is 182 Å². The van der Waals surface area contributed by atoms with E-state index in [0.717, 1.165) is 52.2 Å². The lowest BCUT2D eigenvalue weighted by molar-refractivity contribution is 0.982. The van der Waals surface area contributed by atoms with E-state index in [9.17, 15) is 0 Å². The maximum absolute atomic E-state index is 4.32. The van der Waals surface area contributed by atoms with Gasteiger partial charge in [0.2, 0.25) is 0 Å². The lowest BCUT2D eigenvalue weighted by Gasteiger charge is -2.26. The van der Waals surface area contributed by atoms with Crippen LogP contribution in [0.4, 0.5) is 22.7 Å². The quantitative estimate of drug-likeness (QED) is 0.106. The fraction of sp³-hybridized carbons (Fsp3) is 0.167. The molecule has 1 atom stereocenters. The molecule has 0 amide bonds. The highest BCUT2D eigenvalue weighted by atomic mass is 15.1.